The first-order valence-corrected chi connectivity index (χ1v) is 7.79. The van der Waals surface area contributed by atoms with Crippen LogP contribution in [0.4, 0.5) is 10.5 Å². The third kappa shape index (κ3) is 3.27. The Kier molecular flexibility index (Phi) is 3.72. The smallest absolute Gasteiger partial charge is 0.319 e. The van der Waals surface area contributed by atoms with E-state index in [1.165, 1.54) is 5.56 Å². The second-order valence-corrected chi connectivity index (χ2v) is 6.45. The monoisotopic (exact) mass is 344 g/mol. The Labute approximate surface area is 132 Å². The molecule has 0 atom stereocenters. The molecule has 2 N–H and O–H groups in total. The molecule has 2 aromatic rings. The van der Waals surface area contributed by atoms with Gasteiger partial charge in [0, 0.05) is 10.2 Å². The van der Waals surface area contributed by atoms with Gasteiger partial charge in [-0.25, -0.2) is 4.79 Å². The Morgan fingerprint density at radius 2 is 1.86 bits per heavy atom. The number of aryl methyl sites for hydroxylation is 1. The summed E-state index contributed by atoms with van der Waals surface area (Å²) in [7, 11) is 0. The van der Waals surface area contributed by atoms with E-state index in [1.807, 2.05) is 43.3 Å². The van der Waals surface area contributed by atoms with Crippen LogP contribution in [-0.4, -0.2) is 6.03 Å². The lowest BCUT2D eigenvalue weighted by molar-refractivity contribution is 0.247. The molecule has 108 valence electrons. The zero-order chi connectivity index (χ0) is 14.9. The highest BCUT2D eigenvalue weighted by Crippen LogP contribution is 2.46. The van der Waals surface area contributed by atoms with Gasteiger partial charge in [0.1, 0.15) is 0 Å². The SMILES string of the molecule is Cc1ccc(NC(=O)NC2(c3cccc(Br)c3)CC2)cc1. The van der Waals surface area contributed by atoms with Crippen molar-refractivity contribution in [3.63, 3.8) is 0 Å². The van der Waals surface area contributed by atoms with Gasteiger partial charge in [0.05, 0.1) is 5.54 Å². The summed E-state index contributed by atoms with van der Waals surface area (Å²) in [6.45, 7) is 2.02. The Bertz CT molecular complexity index is 663. The van der Waals surface area contributed by atoms with Gasteiger partial charge in [0.25, 0.3) is 0 Å². The van der Waals surface area contributed by atoms with E-state index < -0.39 is 0 Å². The fraction of sp³-hybridized carbons (Fsp3) is 0.235. The Morgan fingerprint density at radius 3 is 2.48 bits per heavy atom. The second-order valence-electron chi connectivity index (χ2n) is 5.54. The maximum Gasteiger partial charge on any atom is 0.319 e. The van der Waals surface area contributed by atoms with Gasteiger partial charge in [-0.1, -0.05) is 45.8 Å². The highest BCUT2D eigenvalue weighted by molar-refractivity contribution is 9.10. The number of carbonyl (C=O) groups excluding carboxylic acids is 1. The molecule has 2 aromatic carbocycles. The van der Waals surface area contributed by atoms with Gasteiger partial charge < -0.3 is 10.6 Å². The lowest BCUT2D eigenvalue weighted by Gasteiger charge is -2.19. The zero-order valence-corrected chi connectivity index (χ0v) is 13.4. The summed E-state index contributed by atoms with van der Waals surface area (Å²) in [5, 5.41) is 5.99. The van der Waals surface area contributed by atoms with Crippen LogP contribution in [-0.2, 0) is 5.54 Å². The van der Waals surface area contributed by atoms with E-state index in [0.29, 0.717) is 0 Å². The maximum absolute atomic E-state index is 12.2. The van der Waals surface area contributed by atoms with Crippen molar-refractivity contribution >= 4 is 27.6 Å². The zero-order valence-electron chi connectivity index (χ0n) is 11.8. The van der Waals surface area contributed by atoms with Gasteiger partial charge in [-0.2, -0.15) is 0 Å². The van der Waals surface area contributed by atoms with Crippen LogP contribution in [0.5, 0.6) is 0 Å². The molecular formula is C17H17BrN2O. The molecule has 1 aliphatic rings. The number of hydrogen-bond donors (Lipinski definition) is 2. The van der Waals surface area contributed by atoms with Gasteiger partial charge in [0.2, 0.25) is 0 Å². The van der Waals surface area contributed by atoms with Crippen LogP contribution in [0.1, 0.15) is 24.0 Å². The highest BCUT2D eigenvalue weighted by Gasteiger charge is 2.45. The number of amides is 2. The molecular weight excluding hydrogens is 328 g/mol. The van der Waals surface area contributed by atoms with Crippen molar-refractivity contribution in [2.75, 3.05) is 5.32 Å². The molecule has 3 rings (SSSR count). The lowest BCUT2D eigenvalue weighted by Crippen LogP contribution is -2.38. The van der Waals surface area contributed by atoms with E-state index in [2.05, 4.69) is 38.7 Å². The number of urea groups is 1. The average molecular weight is 345 g/mol. The van der Waals surface area contributed by atoms with E-state index in [9.17, 15) is 4.79 Å². The van der Waals surface area contributed by atoms with Crippen LogP contribution >= 0.6 is 15.9 Å². The summed E-state index contributed by atoms with van der Waals surface area (Å²) >= 11 is 3.48. The molecule has 1 saturated carbocycles. The molecule has 2 amide bonds. The largest absolute Gasteiger partial charge is 0.328 e. The summed E-state index contributed by atoms with van der Waals surface area (Å²) in [4.78, 5) is 12.2. The maximum atomic E-state index is 12.2. The van der Waals surface area contributed by atoms with Crippen LogP contribution < -0.4 is 10.6 Å². The predicted octanol–water partition coefficient (Wildman–Crippen LogP) is 4.57. The summed E-state index contributed by atoms with van der Waals surface area (Å²) < 4.78 is 1.03. The molecule has 0 bridgehead atoms. The van der Waals surface area contributed by atoms with Gasteiger partial charge >= 0.3 is 6.03 Å². The molecule has 3 nitrogen and oxygen atoms in total. The number of rotatable bonds is 3. The molecule has 0 aromatic heterocycles. The van der Waals surface area contributed by atoms with E-state index in [-0.39, 0.29) is 11.6 Å². The first kappa shape index (κ1) is 14.1. The third-order valence-electron chi connectivity index (χ3n) is 3.79. The van der Waals surface area contributed by atoms with E-state index >= 15 is 0 Å². The minimum Gasteiger partial charge on any atom is -0.328 e. The number of hydrogen-bond acceptors (Lipinski definition) is 1. The molecule has 0 heterocycles. The van der Waals surface area contributed by atoms with Crippen molar-refractivity contribution in [2.24, 2.45) is 0 Å². The normalized spacial score (nSPS) is 15.3. The number of halogens is 1. The fourth-order valence-corrected chi connectivity index (χ4v) is 2.81. The molecule has 21 heavy (non-hydrogen) atoms. The molecule has 4 heteroatoms. The van der Waals surface area contributed by atoms with Crippen LogP contribution in [0.25, 0.3) is 0 Å². The fourth-order valence-electron chi connectivity index (χ4n) is 2.41. The lowest BCUT2D eigenvalue weighted by atomic mass is 10.1. The van der Waals surface area contributed by atoms with Crippen LogP contribution in [0.2, 0.25) is 0 Å². The number of carbonyl (C=O) groups is 1. The van der Waals surface area contributed by atoms with Crippen molar-refractivity contribution in [2.45, 2.75) is 25.3 Å². The van der Waals surface area contributed by atoms with Crippen molar-refractivity contribution < 1.29 is 4.79 Å². The molecule has 0 saturated heterocycles. The van der Waals surface area contributed by atoms with Crippen molar-refractivity contribution in [1.82, 2.24) is 5.32 Å². The predicted molar refractivity (Wildman–Crippen MR) is 88.4 cm³/mol. The number of nitrogens with one attached hydrogen (secondary N) is 2. The Morgan fingerprint density at radius 1 is 1.14 bits per heavy atom. The quantitative estimate of drug-likeness (QED) is 0.841. The molecule has 0 radical (unpaired) electrons. The van der Waals surface area contributed by atoms with E-state index in [0.717, 1.165) is 28.6 Å². The van der Waals surface area contributed by atoms with E-state index in [1.54, 1.807) is 0 Å². The average Bonchev–Trinajstić information content (AvgIpc) is 3.22. The van der Waals surface area contributed by atoms with Crippen LogP contribution in [0.3, 0.4) is 0 Å². The van der Waals surface area contributed by atoms with Crippen molar-refractivity contribution in [1.29, 1.82) is 0 Å². The Hall–Kier alpha value is -1.81. The van der Waals surface area contributed by atoms with Gasteiger partial charge in [-0.3, -0.25) is 0 Å². The number of benzene rings is 2. The van der Waals surface area contributed by atoms with Gasteiger partial charge in [-0.15, -0.1) is 0 Å². The van der Waals surface area contributed by atoms with Crippen LogP contribution in [0, 0.1) is 6.92 Å². The van der Waals surface area contributed by atoms with Crippen LogP contribution in [0.15, 0.2) is 53.0 Å². The summed E-state index contributed by atoms with van der Waals surface area (Å²) in [6.07, 6.45) is 1.95. The first-order valence-electron chi connectivity index (χ1n) is 6.99. The second kappa shape index (κ2) is 5.53. The summed E-state index contributed by atoms with van der Waals surface area (Å²) in [5.74, 6) is 0. The number of anilines is 1. The van der Waals surface area contributed by atoms with Gasteiger partial charge in [-0.05, 0) is 49.6 Å². The molecule has 0 spiro atoms. The Balaban J connectivity index is 1.68. The summed E-state index contributed by atoms with van der Waals surface area (Å²) in [6, 6.07) is 15.7. The highest BCUT2D eigenvalue weighted by atomic mass is 79.9. The minimum absolute atomic E-state index is 0.156. The first-order chi connectivity index (χ1) is 10.1. The van der Waals surface area contributed by atoms with Gasteiger partial charge in [0.15, 0.2) is 0 Å². The molecule has 0 aliphatic heterocycles. The molecule has 0 unspecified atom stereocenters. The minimum atomic E-state index is -0.210. The molecule has 1 fully saturated rings. The summed E-state index contributed by atoms with van der Waals surface area (Å²) in [5.41, 5.74) is 2.92. The van der Waals surface area contributed by atoms with Crippen molar-refractivity contribution in [3.8, 4) is 0 Å². The van der Waals surface area contributed by atoms with E-state index in [4.69, 9.17) is 0 Å². The van der Waals surface area contributed by atoms with Crippen molar-refractivity contribution in [3.05, 3.63) is 64.1 Å². The third-order valence-corrected chi connectivity index (χ3v) is 4.28. The topological polar surface area (TPSA) is 41.1 Å². The molecule has 1 aliphatic carbocycles. The standard InChI is InChI=1S/C17H17BrN2O/c1-12-5-7-15(8-6-12)19-16(21)20-17(9-10-17)13-3-2-4-14(18)11-13/h2-8,11H,9-10H2,1H3,(H2,19,20,21).